The van der Waals surface area contributed by atoms with Gasteiger partial charge in [0.25, 0.3) is 5.56 Å². The molecule has 1 aromatic carbocycles. The molecule has 1 aliphatic heterocycles. The van der Waals surface area contributed by atoms with Crippen LogP contribution in [0.2, 0.25) is 0 Å². The number of aromatic amines is 1. The summed E-state index contributed by atoms with van der Waals surface area (Å²) >= 11 is 0. The molecule has 2 heterocycles. The van der Waals surface area contributed by atoms with Crippen LogP contribution in [-0.2, 0) is 11.3 Å². The number of rotatable bonds is 2. The van der Waals surface area contributed by atoms with Gasteiger partial charge in [0, 0.05) is 19.1 Å². The van der Waals surface area contributed by atoms with Crippen LogP contribution in [0.5, 0.6) is 0 Å². The van der Waals surface area contributed by atoms with Crippen LogP contribution in [0.1, 0.15) is 6.42 Å². The maximum atomic E-state index is 12.3. The molecule has 0 saturated carbocycles. The van der Waals surface area contributed by atoms with Crippen molar-refractivity contribution in [3.05, 3.63) is 45.1 Å². The number of aromatic nitrogens is 2. The molecule has 0 radical (unpaired) electrons. The van der Waals surface area contributed by atoms with Gasteiger partial charge >= 0.3 is 5.69 Å². The number of H-pyrrole nitrogens is 1. The molecular formula is C14H16N4O3. The number of carbonyl (C=O) groups excluding carboxylic acids is 1. The van der Waals surface area contributed by atoms with Crippen LogP contribution < -0.4 is 17.0 Å². The molecule has 7 nitrogen and oxygen atoms in total. The van der Waals surface area contributed by atoms with E-state index in [1.54, 1.807) is 29.2 Å². The Morgan fingerprint density at radius 2 is 2.10 bits per heavy atom. The lowest BCUT2D eigenvalue weighted by molar-refractivity contribution is -0.130. The van der Waals surface area contributed by atoms with E-state index in [2.05, 4.69) is 4.98 Å². The van der Waals surface area contributed by atoms with Crippen LogP contribution in [0.4, 0.5) is 0 Å². The van der Waals surface area contributed by atoms with Crippen LogP contribution in [0, 0.1) is 0 Å². The molecule has 1 fully saturated rings. The number of fused-ring (bicyclic) bond motifs is 1. The topological polar surface area (TPSA) is 101 Å². The highest BCUT2D eigenvalue weighted by atomic mass is 16.2. The number of likely N-dealkylation sites (tertiary alicyclic amines) is 1. The molecule has 2 aromatic rings. The van der Waals surface area contributed by atoms with Crippen LogP contribution in [0.15, 0.2) is 33.9 Å². The summed E-state index contributed by atoms with van der Waals surface area (Å²) in [6, 6.07) is 6.71. The number of hydrogen-bond donors (Lipinski definition) is 2. The number of nitrogens with zero attached hydrogens (tertiary/aromatic N) is 2. The van der Waals surface area contributed by atoms with Crippen molar-refractivity contribution in [3.8, 4) is 0 Å². The number of hydrogen-bond acceptors (Lipinski definition) is 4. The fourth-order valence-electron chi connectivity index (χ4n) is 2.59. The number of benzene rings is 1. The average Bonchev–Trinajstić information content (AvgIpc) is 2.90. The third-order valence-electron chi connectivity index (χ3n) is 3.76. The lowest BCUT2D eigenvalue weighted by Gasteiger charge is -2.16. The fraction of sp³-hybridized carbons (Fsp3) is 0.357. The van der Waals surface area contributed by atoms with Gasteiger partial charge in [-0.1, -0.05) is 12.1 Å². The molecule has 1 saturated heterocycles. The van der Waals surface area contributed by atoms with Gasteiger partial charge in [-0.05, 0) is 18.6 Å². The maximum Gasteiger partial charge on any atom is 0.329 e. The van der Waals surface area contributed by atoms with Gasteiger partial charge < -0.3 is 15.6 Å². The first kappa shape index (κ1) is 13.6. The molecule has 0 spiro atoms. The van der Waals surface area contributed by atoms with Crippen LogP contribution >= 0.6 is 0 Å². The van der Waals surface area contributed by atoms with Crippen molar-refractivity contribution < 1.29 is 4.79 Å². The van der Waals surface area contributed by atoms with Gasteiger partial charge in [-0.15, -0.1) is 0 Å². The molecule has 1 aliphatic rings. The fourth-order valence-corrected chi connectivity index (χ4v) is 2.59. The maximum absolute atomic E-state index is 12.3. The molecule has 3 N–H and O–H groups in total. The Hall–Kier alpha value is -2.41. The molecule has 1 amide bonds. The van der Waals surface area contributed by atoms with Crippen molar-refractivity contribution in [2.45, 2.75) is 19.0 Å². The van der Waals surface area contributed by atoms with E-state index in [4.69, 9.17) is 5.73 Å². The molecule has 1 atom stereocenters. The molecule has 3 rings (SSSR count). The Balaban J connectivity index is 1.96. The minimum Gasteiger partial charge on any atom is -0.340 e. The van der Waals surface area contributed by atoms with E-state index in [0.29, 0.717) is 24.0 Å². The summed E-state index contributed by atoms with van der Waals surface area (Å²) in [5.41, 5.74) is 5.21. The van der Waals surface area contributed by atoms with E-state index in [9.17, 15) is 14.4 Å². The van der Waals surface area contributed by atoms with Gasteiger partial charge in [-0.2, -0.15) is 0 Å². The Labute approximate surface area is 120 Å². The molecule has 21 heavy (non-hydrogen) atoms. The molecule has 110 valence electrons. The molecular weight excluding hydrogens is 272 g/mol. The number of amides is 1. The SMILES string of the molecule is N[C@H]1CCN(C(=O)Cn2c(=O)[nH]c3ccccc3c2=O)C1. The molecule has 7 heteroatoms. The minimum atomic E-state index is -0.574. The number of nitrogens with two attached hydrogens (primary N) is 1. The number of para-hydroxylation sites is 1. The summed E-state index contributed by atoms with van der Waals surface area (Å²) in [7, 11) is 0. The standard InChI is InChI=1S/C14H16N4O3/c15-9-5-6-17(7-9)12(19)8-18-13(20)10-3-1-2-4-11(10)16-14(18)21/h1-4,9H,5-8,15H2,(H,16,21)/t9-/m0/s1. The predicted octanol–water partition coefficient (Wildman–Crippen LogP) is -0.751. The third-order valence-corrected chi connectivity index (χ3v) is 3.76. The largest absolute Gasteiger partial charge is 0.340 e. The Kier molecular flexibility index (Phi) is 3.34. The second kappa shape index (κ2) is 5.17. The summed E-state index contributed by atoms with van der Waals surface area (Å²) in [5.74, 6) is -0.258. The summed E-state index contributed by atoms with van der Waals surface area (Å²) in [6.45, 7) is 0.783. The quantitative estimate of drug-likeness (QED) is 0.759. The van der Waals surface area contributed by atoms with Crippen molar-refractivity contribution in [2.75, 3.05) is 13.1 Å². The van der Waals surface area contributed by atoms with Crippen molar-refractivity contribution in [1.82, 2.24) is 14.5 Å². The first-order valence-corrected chi connectivity index (χ1v) is 6.81. The Morgan fingerprint density at radius 3 is 2.81 bits per heavy atom. The predicted molar refractivity (Wildman–Crippen MR) is 78.0 cm³/mol. The van der Waals surface area contributed by atoms with E-state index >= 15 is 0 Å². The van der Waals surface area contributed by atoms with Gasteiger partial charge in [-0.3, -0.25) is 14.2 Å². The van der Waals surface area contributed by atoms with Gasteiger partial charge in [0.2, 0.25) is 5.91 Å². The monoisotopic (exact) mass is 288 g/mol. The van der Waals surface area contributed by atoms with Gasteiger partial charge in [0.15, 0.2) is 0 Å². The van der Waals surface area contributed by atoms with Crippen LogP contribution in [0.3, 0.4) is 0 Å². The second-order valence-corrected chi connectivity index (χ2v) is 5.26. The van der Waals surface area contributed by atoms with E-state index < -0.39 is 11.2 Å². The van der Waals surface area contributed by atoms with Gasteiger partial charge in [-0.25, -0.2) is 4.79 Å². The first-order valence-electron chi connectivity index (χ1n) is 6.81. The smallest absolute Gasteiger partial charge is 0.329 e. The minimum absolute atomic E-state index is 0.0273. The number of carbonyl (C=O) groups is 1. The summed E-state index contributed by atoms with van der Waals surface area (Å²) in [4.78, 5) is 40.7. The molecule has 1 aromatic heterocycles. The van der Waals surface area contributed by atoms with E-state index in [1.165, 1.54) is 0 Å². The summed E-state index contributed by atoms with van der Waals surface area (Å²) in [5, 5.41) is 0.392. The molecule has 0 aliphatic carbocycles. The zero-order chi connectivity index (χ0) is 15.0. The van der Waals surface area contributed by atoms with Gasteiger partial charge in [0.05, 0.1) is 10.9 Å². The highest BCUT2D eigenvalue weighted by Crippen LogP contribution is 2.08. The zero-order valence-electron chi connectivity index (χ0n) is 11.4. The number of nitrogens with one attached hydrogen (secondary N) is 1. The lowest BCUT2D eigenvalue weighted by atomic mass is 10.2. The Morgan fingerprint density at radius 1 is 1.33 bits per heavy atom. The second-order valence-electron chi connectivity index (χ2n) is 5.26. The van der Waals surface area contributed by atoms with Crippen molar-refractivity contribution in [1.29, 1.82) is 0 Å². The highest BCUT2D eigenvalue weighted by molar-refractivity contribution is 5.79. The molecule has 0 unspecified atom stereocenters. The van der Waals surface area contributed by atoms with E-state index in [-0.39, 0.29) is 18.5 Å². The van der Waals surface area contributed by atoms with Crippen molar-refractivity contribution in [3.63, 3.8) is 0 Å². The third kappa shape index (κ3) is 2.47. The average molecular weight is 288 g/mol. The molecule has 0 bridgehead atoms. The highest BCUT2D eigenvalue weighted by Gasteiger charge is 2.24. The van der Waals surface area contributed by atoms with Gasteiger partial charge in [0.1, 0.15) is 6.54 Å². The summed E-state index contributed by atoms with van der Waals surface area (Å²) < 4.78 is 0.939. The van der Waals surface area contributed by atoms with E-state index in [0.717, 1.165) is 11.0 Å². The summed E-state index contributed by atoms with van der Waals surface area (Å²) in [6.07, 6.45) is 0.745. The Bertz CT molecular complexity index is 808. The van der Waals surface area contributed by atoms with Crippen molar-refractivity contribution in [2.24, 2.45) is 5.73 Å². The van der Waals surface area contributed by atoms with Crippen LogP contribution in [0.25, 0.3) is 10.9 Å². The zero-order valence-corrected chi connectivity index (χ0v) is 11.4. The normalized spacial score (nSPS) is 18.3. The van der Waals surface area contributed by atoms with Crippen molar-refractivity contribution >= 4 is 16.8 Å². The van der Waals surface area contributed by atoms with E-state index in [1.807, 2.05) is 0 Å². The first-order chi connectivity index (χ1) is 10.1. The van der Waals surface area contributed by atoms with Crippen LogP contribution in [-0.4, -0.2) is 39.5 Å². The lowest BCUT2D eigenvalue weighted by Crippen LogP contribution is -2.42.